The smallest absolute Gasteiger partial charge is 0.0942 e. The average Bonchev–Trinajstić information content (AvgIpc) is 3.09. The van der Waals surface area contributed by atoms with Gasteiger partial charge in [-0.2, -0.15) is 0 Å². The Balaban J connectivity index is 1.68. The number of pyridine rings is 1. The molecule has 2 aliphatic rings. The SMILES string of the molecule is CCc1c(C)c2nc(-c3ccccc3C3CCC3)cc(NCC3=CNCC=C3)c2n1C(C)C. The van der Waals surface area contributed by atoms with E-state index < -0.39 is 0 Å². The fourth-order valence-corrected chi connectivity index (χ4v) is 5.40. The second-order valence-corrected chi connectivity index (χ2v) is 9.74. The van der Waals surface area contributed by atoms with Crippen molar-refractivity contribution in [2.24, 2.45) is 0 Å². The lowest BCUT2D eigenvalue weighted by molar-refractivity contribution is 0.420. The zero-order valence-corrected chi connectivity index (χ0v) is 20.4. The van der Waals surface area contributed by atoms with Crippen molar-refractivity contribution >= 4 is 16.7 Å². The standard InChI is InChI=1S/C29H36N4/c1-5-27-20(4)28-29(33(27)19(2)3)26(31-18-21-10-9-15-30-17-21)16-25(32-28)24-14-7-6-13-23(24)22-11-8-12-22/h6-7,9-10,13-14,16-17,19,22,30H,5,8,11-12,15,18H2,1-4H3,(H,31,32). The summed E-state index contributed by atoms with van der Waals surface area (Å²) in [6, 6.07) is 11.6. The van der Waals surface area contributed by atoms with Crippen molar-refractivity contribution in [3.05, 3.63) is 71.1 Å². The van der Waals surface area contributed by atoms with Gasteiger partial charge in [-0.25, -0.2) is 4.98 Å². The molecule has 4 heteroatoms. The molecule has 0 bridgehead atoms. The van der Waals surface area contributed by atoms with Crippen LogP contribution in [0.15, 0.2) is 54.3 Å². The lowest BCUT2D eigenvalue weighted by Gasteiger charge is -2.28. The highest BCUT2D eigenvalue weighted by Crippen LogP contribution is 2.42. The van der Waals surface area contributed by atoms with E-state index in [0.717, 1.165) is 30.7 Å². The summed E-state index contributed by atoms with van der Waals surface area (Å²) in [5.41, 5.74) is 11.3. The number of hydrogen-bond acceptors (Lipinski definition) is 3. The van der Waals surface area contributed by atoms with Crippen LogP contribution in [0.5, 0.6) is 0 Å². The monoisotopic (exact) mass is 440 g/mol. The van der Waals surface area contributed by atoms with Crippen molar-refractivity contribution in [2.75, 3.05) is 18.4 Å². The lowest BCUT2D eigenvalue weighted by atomic mass is 9.77. The van der Waals surface area contributed by atoms with Crippen molar-refractivity contribution < 1.29 is 0 Å². The van der Waals surface area contributed by atoms with Gasteiger partial charge in [-0.15, -0.1) is 0 Å². The molecule has 2 aromatic heterocycles. The number of rotatable bonds is 7. The maximum atomic E-state index is 5.31. The van der Waals surface area contributed by atoms with Crippen LogP contribution in [0, 0.1) is 6.92 Å². The first-order chi connectivity index (χ1) is 16.1. The first-order valence-electron chi connectivity index (χ1n) is 12.5. The minimum Gasteiger partial charge on any atom is -0.387 e. The molecule has 33 heavy (non-hydrogen) atoms. The third-order valence-electron chi connectivity index (χ3n) is 7.28. The number of anilines is 1. The van der Waals surface area contributed by atoms with Gasteiger partial charge >= 0.3 is 0 Å². The van der Waals surface area contributed by atoms with E-state index >= 15 is 0 Å². The molecular formula is C29H36N4. The average molecular weight is 441 g/mol. The summed E-state index contributed by atoms with van der Waals surface area (Å²) in [5, 5.41) is 7.11. The van der Waals surface area contributed by atoms with Crippen LogP contribution in [0.3, 0.4) is 0 Å². The predicted octanol–water partition coefficient (Wildman–Crippen LogP) is 6.88. The van der Waals surface area contributed by atoms with Gasteiger partial charge in [0.15, 0.2) is 0 Å². The van der Waals surface area contributed by atoms with Crippen LogP contribution in [-0.2, 0) is 6.42 Å². The van der Waals surface area contributed by atoms with Crippen molar-refractivity contribution in [2.45, 2.75) is 65.3 Å². The van der Waals surface area contributed by atoms with E-state index in [-0.39, 0.29) is 0 Å². The molecule has 1 aliphatic carbocycles. The molecule has 0 saturated heterocycles. The van der Waals surface area contributed by atoms with Crippen LogP contribution in [0.4, 0.5) is 5.69 Å². The quantitative estimate of drug-likeness (QED) is 0.421. The third-order valence-corrected chi connectivity index (χ3v) is 7.28. The van der Waals surface area contributed by atoms with Crippen LogP contribution in [0.25, 0.3) is 22.3 Å². The first kappa shape index (κ1) is 21.8. The molecule has 3 aromatic rings. The summed E-state index contributed by atoms with van der Waals surface area (Å²) in [4.78, 5) is 5.31. The Labute approximate surface area is 197 Å². The zero-order valence-electron chi connectivity index (χ0n) is 20.4. The largest absolute Gasteiger partial charge is 0.387 e. The summed E-state index contributed by atoms with van der Waals surface area (Å²) in [6.07, 6.45) is 11.4. The van der Waals surface area contributed by atoms with Gasteiger partial charge < -0.3 is 15.2 Å². The highest BCUT2D eigenvalue weighted by atomic mass is 15.1. The fraction of sp³-hybridized carbons (Fsp3) is 0.414. The van der Waals surface area contributed by atoms with Gasteiger partial charge in [0.05, 0.1) is 22.4 Å². The van der Waals surface area contributed by atoms with E-state index in [1.165, 1.54) is 58.4 Å². The highest BCUT2D eigenvalue weighted by Gasteiger charge is 2.25. The summed E-state index contributed by atoms with van der Waals surface area (Å²) in [7, 11) is 0. The van der Waals surface area contributed by atoms with E-state index in [1.54, 1.807) is 0 Å². The minimum absolute atomic E-state index is 0.377. The van der Waals surface area contributed by atoms with Crippen LogP contribution in [-0.4, -0.2) is 22.6 Å². The van der Waals surface area contributed by atoms with Crippen molar-refractivity contribution in [1.29, 1.82) is 0 Å². The Hall–Kier alpha value is -3.01. The van der Waals surface area contributed by atoms with Crippen molar-refractivity contribution in [3.8, 4) is 11.3 Å². The molecule has 4 nitrogen and oxygen atoms in total. The maximum Gasteiger partial charge on any atom is 0.0942 e. The normalized spacial score (nSPS) is 16.1. The molecule has 0 radical (unpaired) electrons. The molecule has 172 valence electrons. The zero-order chi connectivity index (χ0) is 22.9. The molecule has 0 atom stereocenters. The number of aromatic nitrogens is 2. The Kier molecular flexibility index (Phi) is 6.01. The number of nitrogens with zero attached hydrogens (tertiary/aromatic N) is 2. The van der Waals surface area contributed by atoms with Gasteiger partial charge in [0.2, 0.25) is 0 Å². The van der Waals surface area contributed by atoms with Crippen molar-refractivity contribution in [1.82, 2.24) is 14.9 Å². The molecule has 1 saturated carbocycles. The number of hydrogen-bond donors (Lipinski definition) is 2. The number of benzene rings is 1. The Morgan fingerprint density at radius 1 is 1.21 bits per heavy atom. The summed E-state index contributed by atoms with van der Waals surface area (Å²) < 4.78 is 2.49. The van der Waals surface area contributed by atoms with E-state index in [2.05, 4.69) is 91.6 Å². The van der Waals surface area contributed by atoms with Crippen molar-refractivity contribution in [3.63, 3.8) is 0 Å². The van der Waals surface area contributed by atoms with Gasteiger partial charge in [-0.1, -0.05) is 49.8 Å². The second-order valence-electron chi connectivity index (χ2n) is 9.74. The fourth-order valence-electron chi connectivity index (χ4n) is 5.40. The highest BCUT2D eigenvalue weighted by molar-refractivity contribution is 5.95. The summed E-state index contributed by atoms with van der Waals surface area (Å²) >= 11 is 0. The molecule has 0 amide bonds. The molecule has 5 rings (SSSR count). The second kappa shape index (κ2) is 9.09. The Morgan fingerprint density at radius 2 is 2.03 bits per heavy atom. The topological polar surface area (TPSA) is 41.9 Å². The molecule has 0 unspecified atom stereocenters. The number of fused-ring (bicyclic) bond motifs is 1. The predicted molar refractivity (Wildman–Crippen MR) is 140 cm³/mol. The molecule has 3 heterocycles. The summed E-state index contributed by atoms with van der Waals surface area (Å²) in [6.45, 7) is 10.7. The molecule has 0 spiro atoms. The van der Waals surface area contributed by atoms with Crippen LogP contribution < -0.4 is 10.6 Å². The van der Waals surface area contributed by atoms with E-state index in [9.17, 15) is 0 Å². The minimum atomic E-state index is 0.377. The molecule has 1 aromatic carbocycles. The lowest BCUT2D eigenvalue weighted by Crippen LogP contribution is -2.15. The third kappa shape index (κ3) is 3.96. The summed E-state index contributed by atoms with van der Waals surface area (Å²) in [5.74, 6) is 0.672. The van der Waals surface area contributed by atoms with E-state index in [4.69, 9.17) is 4.98 Å². The maximum absolute atomic E-state index is 5.31. The van der Waals surface area contributed by atoms with Gasteiger partial charge in [0.25, 0.3) is 0 Å². The van der Waals surface area contributed by atoms with Gasteiger partial charge in [0, 0.05) is 36.6 Å². The number of dihydropyridines is 1. The van der Waals surface area contributed by atoms with Crippen LogP contribution >= 0.6 is 0 Å². The molecular weight excluding hydrogens is 404 g/mol. The number of nitrogens with one attached hydrogen (secondary N) is 2. The van der Waals surface area contributed by atoms with Gasteiger partial charge in [-0.05, 0) is 68.7 Å². The van der Waals surface area contributed by atoms with Crippen LogP contribution in [0.1, 0.15) is 68.8 Å². The van der Waals surface area contributed by atoms with Crippen LogP contribution in [0.2, 0.25) is 0 Å². The van der Waals surface area contributed by atoms with E-state index in [0.29, 0.717) is 12.0 Å². The van der Waals surface area contributed by atoms with Gasteiger partial charge in [-0.3, -0.25) is 0 Å². The number of aryl methyl sites for hydroxylation is 1. The van der Waals surface area contributed by atoms with Gasteiger partial charge in [0.1, 0.15) is 0 Å². The first-order valence-corrected chi connectivity index (χ1v) is 12.5. The molecule has 1 aliphatic heterocycles. The Morgan fingerprint density at radius 3 is 2.70 bits per heavy atom. The molecule has 2 N–H and O–H groups in total. The van der Waals surface area contributed by atoms with E-state index in [1.807, 2.05) is 0 Å². The molecule has 1 fully saturated rings. The Bertz CT molecular complexity index is 1220.